The zero-order valence-electron chi connectivity index (χ0n) is 17.4. The lowest BCUT2D eigenvalue weighted by molar-refractivity contribution is 0.102. The minimum absolute atomic E-state index is 0.250. The Morgan fingerprint density at radius 2 is 1.75 bits per heavy atom. The fourth-order valence-corrected chi connectivity index (χ4v) is 3.41. The fraction of sp³-hybridized carbons (Fsp3) is 0.0769. The van der Waals surface area contributed by atoms with Gasteiger partial charge in [0.05, 0.1) is 17.8 Å². The lowest BCUT2D eigenvalue weighted by atomic mass is 10.1. The van der Waals surface area contributed by atoms with Crippen LogP contribution < -0.4 is 14.8 Å². The van der Waals surface area contributed by atoms with Crippen molar-refractivity contribution in [1.29, 1.82) is 0 Å². The Bertz CT molecular complexity index is 1210. The summed E-state index contributed by atoms with van der Waals surface area (Å²) in [5.74, 6) is 0.993. The van der Waals surface area contributed by atoms with Gasteiger partial charge in [0.1, 0.15) is 18.1 Å². The van der Waals surface area contributed by atoms with Gasteiger partial charge in [-0.25, -0.2) is 0 Å². The summed E-state index contributed by atoms with van der Waals surface area (Å²) in [6, 6.07) is 25.9. The number of carbonyl (C=O) groups is 1. The molecule has 0 aliphatic heterocycles. The molecule has 5 nitrogen and oxygen atoms in total. The number of amides is 1. The first-order valence-electron chi connectivity index (χ1n) is 10.0. The molecule has 1 N–H and O–H groups in total. The van der Waals surface area contributed by atoms with Crippen molar-refractivity contribution >= 4 is 23.2 Å². The van der Waals surface area contributed by atoms with Crippen molar-refractivity contribution in [1.82, 2.24) is 4.98 Å². The normalized spacial score (nSPS) is 10.4. The quantitative estimate of drug-likeness (QED) is 0.366. The SMILES string of the molecule is COc1cc(C(=O)Nc2ccc(OCc3ccccc3)cc2)ccc1-c1ncccc1Cl. The number of benzene rings is 3. The van der Waals surface area contributed by atoms with Crippen molar-refractivity contribution in [2.45, 2.75) is 6.61 Å². The van der Waals surface area contributed by atoms with E-state index in [9.17, 15) is 4.79 Å². The standard InChI is InChI=1S/C26H21ClN2O3/c1-31-24-16-19(9-14-22(24)25-23(27)8-5-15-28-25)26(30)29-20-10-12-21(13-11-20)32-17-18-6-3-2-4-7-18/h2-16H,17H2,1H3,(H,29,30). The molecule has 0 unspecified atom stereocenters. The Hall–Kier alpha value is -3.83. The molecular weight excluding hydrogens is 424 g/mol. The second kappa shape index (κ2) is 9.98. The first-order chi connectivity index (χ1) is 15.6. The van der Waals surface area contributed by atoms with Crippen molar-refractivity contribution in [2.24, 2.45) is 0 Å². The summed E-state index contributed by atoms with van der Waals surface area (Å²) < 4.78 is 11.3. The summed E-state index contributed by atoms with van der Waals surface area (Å²) in [4.78, 5) is 17.1. The van der Waals surface area contributed by atoms with Crippen LogP contribution in [0.15, 0.2) is 91.1 Å². The van der Waals surface area contributed by atoms with Gasteiger partial charge in [0, 0.05) is 23.0 Å². The van der Waals surface area contributed by atoms with Crippen LogP contribution in [0.25, 0.3) is 11.3 Å². The zero-order valence-corrected chi connectivity index (χ0v) is 18.2. The number of hydrogen-bond donors (Lipinski definition) is 1. The van der Waals surface area contributed by atoms with Gasteiger partial charge in [-0.05, 0) is 60.2 Å². The van der Waals surface area contributed by atoms with E-state index < -0.39 is 0 Å². The summed E-state index contributed by atoms with van der Waals surface area (Å²) >= 11 is 6.26. The van der Waals surface area contributed by atoms with Crippen molar-refractivity contribution < 1.29 is 14.3 Å². The third kappa shape index (κ3) is 5.07. The average Bonchev–Trinajstić information content (AvgIpc) is 2.84. The molecule has 0 radical (unpaired) electrons. The van der Waals surface area contributed by atoms with Crippen LogP contribution in [0.3, 0.4) is 0 Å². The molecule has 1 amide bonds. The number of ether oxygens (including phenoxy) is 2. The topological polar surface area (TPSA) is 60.5 Å². The second-order valence-corrected chi connectivity index (χ2v) is 7.41. The maximum atomic E-state index is 12.8. The molecule has 4 aromatic rings. The molecule has 32 heavy (non-hydrogen) atoms. The molecule has 160 valence electrons. The predicted octanol–water partition coefficient (Wildman–Crippen LogP) is 6.24. The van der Waals surface area contributed by atoms with Crippen molar-refractivity contribution in [3.05, 3.63) is 107 Å². The van der Waals surface area contributed by atoms with E-state index in [0.717, 1.165) is 16.9 Å². The van der Waals surface area contributed by atoms with Gasteiger partial charge in [-0.1, -0.05) is 41.9 Å². The first kappa shape index (κ1) is 21.4. The van der Waals surface area contributed by atoms with Gasteiger partial charge >= 0.3 is 0 Å². The van der Waals surface area contributed by atoms with E-state index in [1.54, 1.807) is 55.8 Å². The summed E-state index contributed by atoms with van der Waals surface area (Å²) in [6.45, 7) is 0.485. The van der Waals surface area contributed by atoms with Gasteiger partial charge in [-0.3, -0.25) is 9.78 Å². The van der Waals surface area contributed by atoms with Crippen LogP contribution in [-0.4, -0.2) is 18.0 Å². The molecule has 0 fully saturated rings. The van der Waals surface area contributed by atoms with E-state index in [-0.39, 0.29) is 5.91 Å². The fourth-order valence-electron chi connectivity index (χ4n) is 3.19. The predicted molar refractivity (Wildman–Crippen MR) is 126 cm³/mol. The van der Waals surface area contributed by atoms with E-state index in [4.69, 9.17) is 21.1 Å². The molecular formula is C26H21ClN2O3. The molecule has 6 heteroatoms. The Morgan fingerprint density at radius 3 is 2.47 bits per heavy atom. The molecule has 0 bridgehead atoms. The molecule has 0 saturated carbocycles. The number of rotatable bonds is 7. The zero-order chi connectivity index (χ0) is 22.3. The molecule has 3 aromatic carbocycles. The molecule has 1 aromatic heterocycles. The maximum absolute atomic E-state index is 12.8. The number of anilines is 1. The van der Waals surface area contributed by atoms with Crippen LogP contribution in [0.2, 0.25) is 5.02 Å². The largest absolute Gasteiger partial charge is 0.496 e. The molecule has 0 aliphatic rings. The molecule has 4 rings (SSSR count). The molecule has 0 spiro atoms. The van der Waals surface area contributed by atoms with E-state index in [0.29, 0.717) is 34.3 Å². The smallest absolute Gasteiger partial charge is 0.255 e. The number of nitrogens with zero attached hydrogens (tertiary/aromatic N) is 1. The van der Waals surface area contributed by atoms with Gasteiger partial charge in [0.25, 0.3) is 5.91 Å². The lowest BCUT2D eigenvalue weighted by Crippen LogP contribution is -2.12. The van der Waals surface area contributed by atoms with Crippen LogP contribution in [0.5, 0.6) is 11.5 Å². The van der Waals surface area contributed by atoms with Crippen LogP contribution in [0, 0.1) is 0 Å². The van der Waals surface area contributed by atoms with E-state index in [2.05, 4.69) is 10.3 Å². The van der Waals surface area contributed by atoms with E-state index >= 15 is 0 Å². The maximum Gasteiger partial charge on any atom is 0.255 e. The summed E-state index contributed by atoms with van der Waals surface area (Å²) in [7, 11) is 1.55. The van der Waals surface area contributed by atoms with Gasteiger partial charge in [0.2, 0.25) is 0 Å². The summed E-state index contributed by atoms with van der Waals surface area (Å²) in [5, 5.41) is 3.40. The minimum Gasteiger partial charge on any atom is -0.496 e. The van der Waals surface area contributed by atoms with E-state index in [1.165, 1.54) is 0 Å². The van der Waals surface area contributed by atoms with Crippen LogP contribution in [0.1, 0.15) is 15.9 Å². The van der Waals surface area contributed by atoms with E-state index in [1.807, 2.05) is 42.5 Å². The number of methoxy groups -OCH3 is 1. The average molecular weight is 445 g/mol. The van der Waals surface area contributed by atoms with Gasteiger partial charge in [0.15, 0.2) is 0 Å². The van der Waals surface area contributed by atoms with Crippen molar-refractivity contribution in [3.8, 4) is 22.8 Å². The Balaban J connectivity index is 1.44. The first-order valence-corrected chi connectivity index (χ1v) is 10.4. The number of aromatic nitrogens is 1. The molecule has 0 atom stereocenters. The third-order valence-corrected chi connectivity index (χ3v) is 5.14. The summed E-state index contributed by atoms with van der Waals surface area (Å²) in [5.41, 5.74) is 3.54. The number of pyridine rings is 1. The highest BCUT2D eigenvalue weighted by atomic mass is 35.5. The molecule has 1 heterocycles. The number of carbonyl (C=O) groups excluding carboxylic acids is 1. The highest BCUT2D eigenvalue weighted by Crippen LogP contribution is 2.34. The number of halogens is 1. The van der Waals surface area contributed by atoms with Gasteiger partial charge in [-0.2, -0.15) is 0 Å². The van der Waals surface area contributed by atoms with Crippen molar-refractivity contribution in [3.63, 3.8) is 0 Å². The van der Waals surface area contributed by atoms with Gasteiger partial charge < -0.3 is 14.8 Å². The van der Waals surface area contributed by atoms with Crippen LogP contribution in [-0.2, 0) is 6.61 Å². The minimum atomic E-state index is -0.250. The Labute approximate surface area is 191 Å². The highest BCUT2D eigenvalue weighted by Gasteiger charge is 2.14. The van der Waals surface area contributed by atoms with Crippen LogP contribution in [0.4, 0.5) is 5.69 Å². The molecule has 0 saturated heterocycles. The van der Waals surface area contributed by atoms with Gasteiger partial charge in [-0.15, -0.1) is 0 Å². The monoisotopic (exact) mass is 444 g/mol. The number of hydrogen-bond acceptors (Lipinski definition) is 4. The Kier molecular flexibility index (Phi) is 6.68. The Morgan fingerprint density at radius 1 is 0.969 bits per heavy atom. The summed E-state index contributed by atoms with van der Waals surface area (Å²) in [6.07, 6.45) is 1.66. The third-order valence-electron chi connectivity index (χ3n) is 4.84. The molecule has 0 aliphatic carbocycles. The second-order valence-electron chi connectivity index (χ2n) is 7.00. The highest BCUT2D eigenvalue weighted by molar-refractivity contribution is 6.33. The lowest BCUT2D eigenvalue weighted by Gasteiger charge is -2.12. The van der Waals surface area contributed by atoms with Crippen molar-refractivity contribution in [2.75, 3.05) is 12.4 Å². The number of nitrogens with one attached hydrogen (secondary N) is 1. The van der Waals surface area contributed by atoms with Crippen LogP contribution >= 0.6 is 11.6 Å².